The summed E-state index contributed by atoms with van der Waals surface area (Å²) >= 11 is 0. The third kappa shape index (κ3) is 4.57. The number of likely N-dealkylation sites (N-methyl/N-ethyl adjacent to an activating group) is 1. The third-order valence-corrected chi connectivity index (χ3v) is 4.05. The van der Waals surface area contributed by atoms with Crippen LogP contribution in [0.2, 0.25) is 0 Å². The normalized spacial score (nSPS) is 14.8. The molecule has 1 fully saturated rings. The van der Waals surface area contributed by atoms with Crippen molar-refractivity contribution >= 4 is 23.5 Å². The van der Waals surface area contributed by atoms with E-state index in [1.165, 1.54) is 11.8 Å². The second-order valence-electron chi connectivity index (χ2n) is 5.91. The maximum atomic E-state index is 12.2. The minimum Gasteiger partial charge on any atom is -0.449 e. The summed E-state index contributed by atoms with van der Waals surface area (Å²) in [4.78, 5) is 39.0. The van der Waals surface area contributed by atoms with Gasteiger partial charge in [0.15, 0.2) is 6.10 Å². The molecule has 7 heteroatoms. The molecule has 1 aliphatic rings. The predicted octanol–water partition coefficient (Wildman–Crippen LogP) is 1.73. The molecular weight excluding hydrogens is 322 g/mol. The average molecular weight is 343 g/mol. The van der Waals surface area contributed by atoms with Gasteiger partial charge in [0, 0.05) is 32.2 Å². The molecule has 0 bridgehead atoms. The molecule has 1 aromatic rings. The van der Waals surface area contributed by atoms with Crippen LogP contribution in [0.5, 0.6) is 0 Å². The number of amides is 2. The van der Waals surface area contributed by atoms with Crippen molar-refractivity contribution in [1.82, 2.24) is 4.90 Å². The molecule has 1 aromatic carbocycles. The first-order chi connectivity index (χ1) is 11.9. The van der Waals surface area contributed by atoms with Crippen molar-refractivity contribution in [3.8, 4) is 6.07 Å². The largest absolute Gasteiger partial charge is 0.449 e. The van der Waals surface area contributed by atoms with Gasteiger partial charge in [0.25, 0.3) is 5.91 Å². The molecule has 2 rings (SSSR count). The molecule has 1 aliphatic heterocycles. The molecule has 0 saturated carbocycles. The fourth-order valence-corrected chi connectivity index (χ4v) is 2.62. The molecule has 0 spiro atoms. The lowest BCUT2D eigenvalue weighted by molar-refractivity contribution is -0.138. The van der Waals surface area contributed by atoms with Crippen LogP contribution < -0.4 is 4.90 Å². The van der Waals surface area contributed by atoms with E-state index < -0.39 is 12.1 Å². The fourth-order valence-electron chi connectivity index (χ4n) is 2.62. The Morgan fingerprint density at radius 3 is 2.60 bits per heavy atom. The zero-order valence-electron chi connectivity index (χ0n) is 14.4. The molecule has 25 heavy (non-hydrogen) atoms. The van der Waals surface area contributed by atoms with E-state index in [9.17, 15) is 14.4 Å². The Balaban J connectivity index is 1.95. The summed E-state index contributed by atoms with van der Waals surface area (Å²) in [5, 5.41) is 8.55. The van der Waals surface area contributed by atoms with Gasteiger partial charge in [-0.3, -0.25) is 9.59 Å². The SMILES string of the molecule is C[C@H](OC(=O)c1ccc(N2CCCC2=O)cc1)C(=O)N(C)CCC#N. The van der Waals surface area contributed by atoms with Gasteiger partial charge in [0.1, 0.15) is 0 Å². The second-order valence-corrected chi connectivity index (χ2v) is 5.91. The number of hydrogen-bond acceptors (Lipinski definition) is 5. The molecular formula is C18H21N3O4. The van der Waals surface area contributed by atoms with Gasteiger partial charge in [-0.05, 0) is 37.6 Å². The monoisotopic (exact) mass is 343 g/mol. The predicted molar refractivity (Wildman–Crippen MR) is 90.8 cm³/mol. The van der Waals surface area contributed by atoms with E-state index >= 15 is 0 Å². The van der Waals surface area contributed by atoms with E-state index in [1.807, 2.05) is 6.07 Å². The maximum Gasteiger partial charge on any atom is 0.338 e. The Bertz CT molecular complexity index is 693. The number of anilines is 1. The van der Waals surface area contributed by atoms with E-state index in [0.29, 0.717) is 18.5 Å². The molecule has 1 saturated heterocycles. The highest BCUT2D eigenvalue weighted by atomic mass is 16.5. The van der Waals surface area contributed by atoms with Gasteiger partial charge in [-0.15, -0.1) is 0 Å². The van der Waals surface area contributed by atoms with Crippen LogP contribution in [0.25, 0.3) is 0 Å². The highest BCUT2D eigenvalue weighted by Crippen LogP contribution is 2.22. The lowest BCUT2D eigenvalue weighted by atomic mass is 10.2. The van der Waals surface area contributed by atoms with Gasteiger partial charge < -0.3 is 14.5 Å². The topological polar surface area (TPSA) is 90.7 Å². The van der Waals surface area contributed by atoms with Gasteiger partial charge >= 0.3 is 5.97 Å². The molecule has 1 heterocycles. The van der Waals surface area contributed by atoms with Crippen molar-refractivity contribution < 1.29 is 19.1 Å². The number of carbonyl (C=O) groups is 3. The van der Waals surface area contributed by atoms with E-state index in [2.05, 4.69) is 0 Å². The van der Waals surface area contributed by atoms with Crippen LogP contribution in [0.1, 0.15) is 36.5 Å². The maximum absolute atomic E-state index is 12.2. The summed E-state index contributed by atoms with van der Waals surface area (Å²) < 4.78 is 5.19. The molecule has 0 N–H and O–H groups in total. The summed E-state index contributed by atoms with van der Waals surface area (Å²) in [6.45, 7) is 2.47. The van der Waals surface area contributed by atoms with E-state index in [1.54, 1.807) is 36.2 Å². The van der Waals surface area contributed by atoms with E-state index in [0.717, 1.165) is 12.1 Å². The van der Waals surface area contributed by atoms with Crippen molar-refractivity contribution in [2.24, 2.45) is 0 Å². The van der Waals surface area contributed by atoms with Gasteiger partial charge in [-0.2, -0.15) is 5.26 Å². The lowest BCUT2D eigenvalue weighted by Gasteiger charge is -2.20. The molecule has 2 amide bonds. The first-order valence-electron chi connectivity index (χ1n) is 8.17. The first-order valence-corrected chi connectivity index (χ1v) is 8.17. The Morgan fingerprint density at radius 2 is 2.04 bits per heavy atom. The molecule has 1 atom stereocenters. The summed E-state index contributed by atoms with van der Waals surface area (Å²) in [6, 6.07) is 8.53. The van der Waals surface area contributed by atoms with Crippen LogP contribution in [-0.2, 0) is 14.3 Å². The van der Waals surface area contributed by atoms with Crippen LogP contribution >= 0.6 is 0 Å². The highest BCUT2D eigenvalue weighted by molar-refractivity contribution is 5.96. The van der Waals surface area contributed by atoms with Crippen LogP contribution in [0.4, 0.5) is 5.69 Å². The van der Waals surface area contributed by atoms with Crippen LogP contribution in [0, 0.1) is 11.3 Å². The van der Waals surface area contributed by atoms with Crippen molar-refractivity contribution in [2.45, 2.75) is 32.3 Å². The van der Waals surface area contributed by atoms with E-state index in [-0.39, 0.29) is 24.8 Å². The van der Waals surface area contributed by atoms with Crippen LogP contribution in [0.15, 0.2) is 24.3 Å². The van der Waals surface area contributed by atoms with E-state index in [4.69, 9.17) is 10.00 Å². The standard InChI is InChI=1S/C18H21N3O4/c1-13(17(23)20(2)11-4-10-19)25-18(24)14-6-8-15(9-7-14)21-12-3-5-16(21)22/h6-9,13H,3-5,11-12H2,1-2H3/t13-/m0/s1. The van der Waals surface area contributed by atoms with Gasteiger partial charge in [-0.1, -0.05) is 0 Å². The highest BCUT2D eigenvalue weighted by Gasteiger charge is 2.24. The molecule has 0 aliphatic carbocycles. The van der Waals surface area contributed by atoms with Crippen LogP contribution in [0.3, 0.4) is 0 Å². The second kappa shape index (κ2) is 8.29. The Labute approximate surface area is 146 Å². The summed E-state index contributed by atoms with van der Waals surface area (Å²) in [7, 11) is 1.56. The molecule has 0 radical (unpaired) electrons. The zero-order chi connectivity index (χ0) is 18.4. The van der Waals surface area contributed by atoms with Crippen LogP contribution in [-0.4, -0.2) is 48.9 Å². The number of nitriles is 1. The molecule has 7 nitrogen and oxygen atoms in total. The van der Waals surface area contributed by atoms with Crippen molar-refractivity contribution in [3.63, 3.8) is 0 Å². The zero-order valence-corrected chi connectivity index (χ0v) is 14.4. The van der Waals surface area contributed by atoms with Gasteiger partial charge in [0.05, 0.1) is 18.1 Å². The van der Waals surface area contributed by atoms with Gasteiger partial charge in [-0.25, -0.2) is 4.79 Å². The number of esters is 1. The minimum absolute atomic E-state index is 0.0787. The minimum atomic E-state index is -0.934. The number of rotatable bonds is 6. The number of nitrogens with zero attached hydrogens (tertiary/aromatic N) is 3. The third-order valence-electron chi connectivity index (χ3n) is 4.05. The number of carbonyl (C=O) groups excluding carboxylic acids is 3. The summed E-state index contributed by atoms with van der Waals surface area (Å²) in [5.74, 6) is -0.883. The average Bonchev–Trinajstić information content (AvgIpc) is 3.04. The van der Waals surface area contributed by atoms with Crippen molar-refractivity contribution in [2.75, 3.05) is 25.0 Å². The number of hydrogen-bond donors (Lipinski definition) is 0. The molecule has 0 unspecified atom stereocenters. The fraction of sp³-hybridized carbons (Fsp3) is 0.444. The molecule has 132 valence electrons. The number of ether oxygens (including phenoxy) is 1. The Hall–Kier alpha value is -2.88. The number of benzene rings is 1. The molecule has 0 aromatic heterocycles. The smallest absolute Gasteiger partial charge is 0.338 e. The van der Waals surface area contributed by atoms with Crippen molar-refractivity contribution in [1.29, 1.82) is 5.26 Å². The quantitative estimate of drug-likeness (QED) is 0.734. The van der Waals surface area contributed by atoms with Gasteiger partial charge in [0.2, 0.25) is 5.91 Å². The lowest BCUT2D eigenvalue weighted by Crippen LogP contribution is -2.37. The summed E-state index contributed by atoms with van der Waals surface area (Å²) in [5.41, 5.74) is 1.06. The Morgan fingerprint density at radius 1 is 1.36 bits per heavy atom. The summed E-state index contributed by atoms with van der Waals surface area (Å²) in [6.07, 6.45) is 0.667. The Kier molecular flexibility index (Phi) is 6.12. The first kappa shape index (κ1) is 18.5. The van der Waals surface area contributed by atoms with Crippen molar-refractivity contribution in [3.05, 3.63) is 29.8 Å².